The highest BCUT2D eigenvalue weighted by atomic mass is 19.1. The molecule has 0 N–H and O–H groups in total. The molecule has 0 aliphatic rings. The number of halogens is 1. The molecule has 13 heavy (non-hydrogen) atoms. The Morgan fingerprint density at radius 1 is 1.15 bits per heavy atom. The van der Waals surface area contributed by atoms with Crippen molar-refractivity contribution in [3.63, 3.8) is 0 Å². The average molecular weight is 180 g/mol. The summed E-state index contributed by atoms with van der Waals surface area (Å²) in [4.78, 5) is 0. The van der Waals surface area contributed by atoms with E-state index in [0.29, 0.717) is 0 Å². The molecule has 1 rings (SSSR count). The lowest BCUT2D eigenvalue weighted by atomic mass is 10.0. The molecule has 0 aliphatic heterocycles. The number of aryl methyl sites for hydroxylation is 1. The molecule has 0 aromatic heterocycles. The van der Waals surface area contributed by atoms with Gasteiger partial charge in [0.25, 0.3) is 0 Å². The Balaban J connectivity index is 2.33. The zero-order chi connectivity index (χ0) is 9.68. The number of rotatable bonds is 4. The summed E-state index contributed by atoms with van der Waals surface area (Å²) in [6, 6.07) is 6.81. The molecule has 0 radical (unpaired) electrons. The van der Waals surface area contributed by atoms with Crippen LogP contribution in [0.15, 0.2) is 24.3 Å². The Bertz CT molecular complexity index is 236. The van der Waals surface area contributed by atoms with Gasteiger partial charge in [0.05, 0.1) is 0 Å². The van der Waals surface area contributed by atoms with Crippen molar-refractivity contribution in [1.82, 2.24) is 0 Å². The lowest BCUT2D eigenvalue weighted by Crippen LogP contribution is -1.90. The van der Waals surface area contributed by atoms with Crippen molar-refractivity contribution in [1.29, 1.82) is 0 Å². The predicted octanol–water partition coefficient (Wildman–Crippen LogP) is 3.80. The molecule has 1 heteroatoms. The van der Waals surface area contributed by atoms with E-state index in [2.05, 4.69) is 13.8 Å². The maximum Gasteiger partial charge on any atom is 0.123 e. The van der Waals surface area contributed by atoms with Crippen LogP contribution in [0.25, 0.3) is 0 Å². The first kappa shape index (κ1) is 10.2. The minimum absolute atomic E-state index is 0.146. The maximum absolute atomic E-state index is 12.5. The molecule has 1 aromatic carbocycles. The Morgan fingerprint density at radius 2 is 1.77 bits per heavy atom. The lowest BCUT2D eigenvalue weighted by Gasteiger charge is -2.04. The van der Waals surface area contributed by atoms with Crippen molar-refractivity contribution in [3.8, 4) is 0 Å². The quantitative estimate of drug-likeness (QED) is 0.661. The van der Waals surface area contributed by atoms with Gasteiger partial charge >= 0.3 is 0 Å². The first-order valence-electron chi connectivity index (χ1n) is 4.93. The third-order valence-corrected chi connectivity index (χ3v) is 2.16. The van der Waals surface area contributed by atoms with Gasteiger partial charge in [0, 0.05) is 0 Å². The summed E-state index contributed by atoms with van der Waals surface area (Å²) in [5.41, 5.74) is 1.24. The summed E-state index contributed by atoms with van der Waals surface area (Å²) < 4.78 is 12.5. The van der Waals surface area contributed by atoms with Crippen LogP contribution < -0.4 is 0 Å². The molecule has 1 aromatic rings. The van der Waals surface area contributed by atoms with Crippen LogP contribution in [0.5, 0.6) is 0 Å². The third-order valence-electron chi connectivity index (χ3n) is 2.16. The van der Waals surface area contributed by atoms with E-state index in [-0.39, 0.29) is 5.82 Å². The smallest absolute Gasteiger partial charge is 0.123 e. The van der Waals surface area contributed by atoms with Crippen molar-refractivity contribution >= 4 is 0 Å². The first-order valence-corrected chi connectivity index (χ1v) is 4.93. The Kier molecular flexibility index (Phi) is 3.94. The van der Waals surface area contributed by atoms with Gasteiger partial charge in [-0.25, -0.2) is 4.39 Å². The topological polar surface area (TPSA) is 0 Å². The Labute approximate surface area is 79.8 Å². The number of hydrogen-bond acceptors (Lipinski definition) is 0. The van der Waals surface area contributed by atoms with Crippen molar-refractivity contribution in [2.45, 2.75) is 33.1 Å². The Hall–Kier alpha value is -0.850. The SMILES string of the molecule is CC(C)CCCc1ccc(F)cc1. The van der Waals surface area contributed by atoms with Crippen LogP contribution >= 0.6 is 0 Å². The molecular formula is C12H17F. The summed E-state index contributed by atoms with van der Waals surface area (Å²) in [7, 11) is 0. The van der Waals surface area contributed by atoms with Crippen LogP contribution in [-0.4, -0.2) is 0 Å². The molecule has 0 saturated heterocycles. The highest BCUT2D eigenvalue weighted by Gasteiger charge is 1.96. The molecule has 0 nitrogen and oxygen atoms in total. The van der Waals surface area contributed by atoms with Gasteiger partial charge in [-0.1, -0.05) is 32.4 Å². The highest BCUT2D eigenvalue weighted by molar-refractivity contribution is 5.15. The third kappa shape index (κ3) is 4.07. The first-order chi connectivity index (χ1) is 6.18. The van der Waals surface area contributed by atoms with E-state index >= 15 is 0 Å². The van der Waals surface area contributed by atoms with Crippen LogP contribution in [0.3, 0.4) is 0 Å². The molecule has 0 spiro atoms. The predicted molar refractivity (Wildman–Crippen MR) is 54.2 cm³/mol. The van der Waals surface area contributed by atoms with Crippen molar-refractivity contribution in [2.24, 2.45) is 5.92 Å². The molecule has 0 atom stereocenters. The second kappa shape index (κ2) is 5.00. The van der Waals surface area contributed by atoms with Gasteiger partial charge in [-0.05, 0) is 36.5 Å². The van der Waals surface area contributed by atoms with Gasteiger partial charge in [0.15, 0.2) is 0 Å². The molecule has 0 saturated carbocycles. The molecule has 0 unspecified atom stereocenters. The van der Waals surface area contributed by atoms with E-state index in [1.54, 1.807) is 0 Å². The van der Waals surface area contributed by atoms with E-state index in [9.17, 15) is 4.39 Å². The molecule has 72 valence electrons. The van der Waals surface area contributed by atoms with E-state index in [4.69, 9.17) is 0 Å². The van der Waals surface area contributed by atoms with Crippen molar-refractivity contribution in [2.75, 3.05) is 0 Å². The average Bonchev–Trinajstić information content (AvgIpc) is 2.08. The maximum atomic E-state index is 12.5. The summed E-state index contributed by atoms with van der Waals surface area (Å²) in [6.45, 7) is 4.45. The van der Waals surface area contributed by atoms with Crippen LogP contribution in [0.4, 0.5) is 4.39 Å². The van der Waals surface area contributed by atoms with E-state index in [1.807, 2.05) is 12.1 Å². The monoisotopic (exact) mass is 180 g/mol. The van der Waals surface area contributed by atoms with E-state index < -0.39 is 0 Å². The zero-order valence-electron chi connectivity index (χ0n) is 8.39. The van der Waals surface area contributed by atoms with Crippen molar-refractivity contribution in [3.05, 3.63) is 35.6 Å². The molecule has 0 fully saturated rings. The van der Waals surface area contributed by atoms with Crippen molar-refractivity contribution < 1.29 is 4.39 Å². The Morgan fingerprint density at radius 3 is 2.31 bits per heavy atom. The molecule has 0 heterocycles. The second-order valence-corrected chi connectivity index (χ2v) is 3.91. The van der Waals surface area contributed by atoms with E-state index in [1.165, 1.54) is 30.5 Å². The lowest BCUT2D eigenvalue weighted by molar-refractivity contribution is 0.555. The minimum Gasteiger partial charge on any atom is -0.207 e. The fourth-order valence-corrected chi connectivity index (χ4v) is 1.37. The fraction of sp³-hybridized carbons (Fsp3) is 0.500. The van der Waals surface area contributed by atoms with Crippen LogP contribution in [0, 0.1) is 11.7 Å². The van der Waals surface area contributed by atoms with Crippen LogP contribution in [-0.2, 0) is 6.42 Å². The van der Waals surface area contributed by atoms with Crippen LogP contribution in [0.2, 0.25) is 0 Å². The normalized spacial score (nSPS) is 10.8. The van der Waals surface area contributed by atoms with E-state index in [0.717, 1.165) is 12.3 Å². The van der Waals surface area contributed by atoms with Gasteiger partial charge in [0.1, 0.15) is 5.82 Å². The fourth-order valence-electron chi connectivity index (χ4n) is 1.37. The molecule has 0 aliphatic carbocycles. The van der Waals surface area contributed by atoms with Gasteiger partial charge in [-0.2, -0.15) is 0 Å². The standard InChI is InChI=1S/C12H17F/c1-10(2)4-3-5-11-6-8-12(13)9-7-11/h6-10H,3-5H2,1-2H3. The molecule has 0 amide bonds. The minimum atomic E-state index is -0.146. The van der Waals surface area contributed by atoms with Crippen LogP contribution in [0.1, 0.15) is 32.3 Å². The zero-order valence-corrected chi connectivity index (χ0v) is 8.39. The summed E-state index contributed by atoms with van der Waals surface area (Å²) >= 11 is 0. The second-order valence-electron chi connectivity index (χ2n) is 3.91. The number of hydrogen-bond donors (Lipinski definition) is 0. The summed E-state index contributed by atoms with van der Waals surface area (Å²) in [6.07, 6.45) is 3.51. The highest BCUT2D eigenvalue weighted by Crippen LogP contribution is 2.10. The van der Waals surface area contributed by atoms with Gasteiger partial charge < -0.3 is 0 Å². The molecule has 0 bridgehead atoms. The summed E-state index contributed by atoms with van der Waals surface area (Å²) in [5, 5.41) is 0. The molecular weight excluding hydrogens is 163 g/mol. The summed E-state index contributed by atoms with van der Waals surface area (Å²) in [5.74, 6) is 0.619. The van der Waals surface area contributed by atoms with Gasteiger partial charge in [-0.15, -0.1) is 0 Å². The number of benzene rings is 1. The largest absolute Gasteiger partial charge is 0.207 e. The van der Waals surface area contributed by atoms with Gasteiger partial charge in [-0.3, -0.25) is 0 Å². The van der Waals surface area contributed by atoms with Gasteiger partial charge in [0.2, 0.25) is 0 Å².